The smallest absolute Gasteiger partial charge is 0.242 e. The van der Waals surface area contributed by atoms with Gasteiger partial charge in [-0.05, 0) is 51.0 Å². The second kappa shape index (κ2) is 11.8. The van der Waals surface area contributed by atoms with Crippen LogP contribution in [0.2, 0.25) is 10.0 Å². The lowest BCUT2D eigenvalue weighted by Crippen LogP contribution is -2.52. The van der Waals surface area contributed by atoms with Crippen molar-refractivity contribution in [3.63, 3.8) is 0 Å². The van der Waals surface area contributed by atoms with Crippen LogP contribution in [0.15, 0.2) is 48.5 Å². The SMILES string of the molecule is C[C@@H](C(=O)NC(C)(C)C)N(Cc1ccc(Cl)c(Cl)c1)C(=O)CCSCc1ccccc1. The van der Waals surface area contributed by atoms with Gasteiger partial charge in [0.2, 0.25) is 11.8 Å². The van der Waals surface area contributed by atoms with Gasteiger partial charge >= 0.3 is 0 Å². The molecule has 0 aromatic heterocycles. The van der Waals surface area contributed by atoms with E-state index in [0.717, 1.165) is 11.3 Å². The Labute approximate surface area is 199 Å². The lowest BCUT2D eigenvalue weighted by Gasteiger charge is -2.31. The first-order valence-electron chi connectivity index (χ1n) is 10.2. The van der Waals surface area contributed by atoms with Crippen molar-refractivity contribution in [1.82, 2.24) is 10.2 Å². The number of carbonyl (C=O) groups is 2. The van der Waals surface area contributed by atoms with Crippen LogP contribution in [0.5, 0.6) is 0 Å². The van der Waals surface area contributed by atoms with E-state index in [1.165, 1.54) is 5.56 Å². The monoisotopic (exact) mass is 480 g/mol. The van der Waals surface area contributed by atoms with Gasteiger partial charge < -0.3 is 10.2 Å². The molecule has 0 radical (unpaired) electrons. The molecule has 0 saturated carbocycles. The topological polar surface area (TPSA) is 49.4 Å². The Morgan fingerprint density at radius 1 is 1.03 bits per heavy atom. The average molecular weight is 481 g/mol. The Hall–Kier alpha value is -1.69. The maximum absolute atomic E-state index is 13.1. The lowest BCUT2D eigenvalue weighted by atomic mass is 10.1. The van der Waals surface area contributed by atoms with Crippen LogP contribution in [0.25, 0.3) is 0 Å². The highest BCUT2D eigenvalue weighted by Gasteiger charge is 2.28. The first-order valence-corrected chi connectivity index (χ1v) is 12.1. The molecule has 0 spiro atoms. The summed E-state index contributed by atoms with van der Waals surface area (Å²) in [5.74, 6) is 1.28. The highest BCUT2D eigenvalue weighted by molar-refractivity contribution is 7.98. The van der Waals surface area contributed by atoms with E-state index in [1.54, 1.807) is 35.7 Å². The van der Waals surface area contributed by atoms with Crippen molar-refractivity contribution >= 4 is 46.8 Å². The molecule has 0 fully saturated rings. The molecule has 0 aliphatic heterocycles. The van der Waals surface area contributed by atoms with Gasteiger partial charge in [0, 0.05) is 30.0 Å². The largest absolute Gasteiger partial charge is 0.350 e. The van der Waals surface area contributed by atoms with Gasteiger partial charge in [-0.3, -0.25) is 9.59 Å². The summed E-state index contributed by atoms with van der Waals surface area (Å²) in [6.45, 7) is 7.81. The zero-order chi connectivity index (χ0) is 23.0. The van der Waals surface area contributed by atoms with Crippen LogP contribution in [0, 0.1) is 0 Å². The third kappa shape index (κ3) is 8.76. The van der Waals surface area contributed by atoms with Crippen molar-refractivity contribution in [3.8, 4) is 0 Å². The highest BCUT2D eigenvalue weighted by Crippen LogP contribution is 2.24. The highest BCUT2D eigenvalue weighted by atomic mass is 35.5. The number of benzene rings is 2. The van der Waals surface area contributed by atoms with Gasteiger partial charge in [-0.25, -0.2) is 0 Å². The number of rotatable bonds is 9. The number of hydrogen-bond acceptors (Lipinski definition) is 3. The molecule has 7 heteroatoms. The van der Waals surface area contributed by atoms with E-state index in [-0.39, 0.29) is 23.9 Å². The third-order valence-corrected chi connectivity index (χ3v) is 6.34. The second-order valence-electron chi connectivity index (χ2n) is 8.47. The molecular weight excluding hydrogens is 451 g/mol. The molecule has 0 saturated heterocycles. The lowest BCUT2D eigenvalue weighted by molar-refractivity contribution is -0.140. The van der Waals surface area contributed by atoms with Crippen molar-refractivity contribution in [2.45, 2.75) is 58.0 Å². The third-order valence-electron chi connectivity index (χ3n) is 4.57. The van der Waals surface area contributed by atoms with Gasteiger partial charge in [0.05, 0.1) is 10.0 Å². The minimum Gasteiger partial charge on any atom is -0.350 e. The summed E-state index contributed by atoms with van der Waals surface area (Å²) < 4.78 is 0. The van der Waals surface area contributed by atoms with Crippen LogP contribution in [0.1, 0.15) is 45.2 Å². The zero-order valence-corrected chi connectivity index (χ0v) is 20.8. The van der Waals surface area contributed by atoms with Crippen LogP contribution in [-0.4, -0.2) is 34.0 Å². The molecule has 31 heavy (non-hydrogen) atoms. The fourth-order valence-electron chi connectivity index (χ4n) is 2.96. The number of nitrogens with zero attached hydrogens (tertiary/aromatic N) is 1. The number of amides is 2. The van der Waals surface area contributed by atoms with Crippen molar-refractivity contribution < 1.29 is 9.59 Å². The first-order chi connectivity index (χ1) is 14.6. The predicted octanol–water partition coefficient (Wildman–Crippen LogP) is 5.95. The molecule has 0 aliphatic rings. The number of halogens is 2. The van der Waals surface area contributed by atoms with Gasteiger partial charge in [0.1, 0.15) is 6.04 Å². The van der Waals surface area contributed by atoms with Crippen molar-refractivity contribution in [3.05, 3.63) is 69.7 Å². The van der Waals surface area contributed by atoms with Gasteiger partial charge in [-0.2, -0.15) is 11.8 Å². The second-order valence-corrected chi connectivity index (χ2v) is 10.4. The van der Waals surface area contributed by atoms with E-state index in [4.69, 9.17) is 23.2 Å². The molecule has 0 unspecified atom stereocenters. The van der Waals surface area contributed by atoms with Gasteiger partial charge in [0.25, 0.3) is 0 Å². The fraction of sp³-hybridized carbons (Fsp3) is 0.417. The quantitative estimate of drug-likeness (QED) is 0.451. The van der Waals surface area contributed by atoms with E-state index >= 15 is 0 Å². The van der Waals surface area contributed by atoms with Crippen LogP contribution < -0.4 is 5.32 Å². The Kier molecular flexibility index (Phi) is 9.73. The average Bonchev–Trinajstić information content (AvgIpc) is 2.71. The van der Waals surface area contributed by atoms with Gasteiger partial charge in [-0.1, -0.05) is 59.6 Å². The summed E-state index contributed by atoms with van der Waals surface area (Å²) >= 11 is 13.9. The van der Waals surface area contributed by atoms with Gasteiger partial charge in [0.15, 0.2) is 0 Å². The summed E-state index contributed by atoms with van der Waals surface area (Å²) in [5, 5.41) is 3.85. The number of nitrogens with one attached hydrogen (secondary N) is 1. The first kappa shape index (κ1) is 25.6. The predicted molar refractivity (Wildman–Crippen MR) is 132 cm³/mol. The van der Waals surface area contributed by atoms with Crippen molar-refractivity contribution in [2.24, 2.45) is 0 Å². The Morgan fingerprint density at radius 2 is 1.71 bits per heavy atom. The van der Waals surface area contributed by atoms with E-state index in [0.29, 0.717) is 22.2 Å². The molecule has 1 atom stereocenters. The standard InChI is InChI=1S/C24H30Cl2N2O2S/c1-17(23(30)27-24(2,3)4)28(15-19-10-11-20(25)21(26)14-19)22(29)12-13-31-16-18-8-6-5-7-9-18/h5-11,14,17H,12-13,15-16H2,1-4H3,(H,27,30)/t17-/m0/s1. The van der Waals surface area contributed by atoms with Crippen LogP contribution in [-0.2, 0) is 21.9 Å². The molecule has 0 aliphatic carbocycles. The Bertz CT molecular complexity index is 885. The van der Waals surface area contributed by atoms with E-state index in [9.17, 15) is 9.59 Å². The maximum atomic E-state index is 13.1. The number of hydrogen-bond donors (Lipinski definition) is 1. The molecule has 1 N–H and O–H groups in total. The molecule has 0 bridgehead atoms. The zero-order valence-electron chi connectivity index (χ0n) is 18.5. The summed E-state index contributed by atoms with van der Waals surface area (Å²) in [7, 11) is 0. The molecule has 2 rings (SSSR count). The molecule has 0 heterocycles. The maximum Gasteiger partial charge on any atom is 0.242 e. The van der Waals surface area contributed by atoms with Crippen LogP contribution in [0.4, 0.5) is 0 Å². The summed E-state index contributed by atoms with van der Waals surface area (Å²) in [6.07, 6.45) is 0.353. The van der Waals surface area contributed by atoms with Gasteiger partial charge in [-0.15, -0.1) is 0 Å². The minimum atomic E-state index is -0.611. The van der Waals surface area contributed by atoms with Crippen molar-refractivity contribution in [2.75, 3.05) is 5.75 Å². The minimum absolute atomic E-state index is 0.0665. The fourth-order valence-corrected chi connectivity index (χ4v) is 4.17. The van der Waals surface area contributed by atoms with E-state index < -0.39 is 6.04 Å². The molecular formula is C24H30Cl2N2O2S. The number of carbonyl (C=O) groups excluding carboxylic acids is 2. The summed E-state index contributed by atoms with van der Waals surface area (Å²) in [6, 6.07) is 14.8. The molecule has 4 nitrogen and oxygen atoms in total. The normalized spacial score (nSPS) is 12.3. The molecule has 2 aromatic carbocycles. The number of thioether (sulfide) groups is 1. The van der Waals surface area contributed by atoms with Crippen LogP contribution >= 0.6 is 35.0 Å². The van der Waals surface area contributed by atoms with E-state index in [1.807, 2.05) is 45.0 Å². The summed E-state index contributed by atoms with van der Waals surface area (Å²) in [4.78, 5) is 27.5. The molecule has 168 valence electrons. The Morgan fingerprint density at radius 3 is 2.32 bits per heavy atom. The van der Waals surface area contributed by atoms with Crippen molar-refractivity contribution in [1.29, 1.82) is 0 Å². The van der Waals surface area contributed by atoms with E-state index in [2.05, 4.69) is 17.4 Å². The molecule has 2 amide bonds. The molecule has 2 aromatic rings. The van der Waals surface area contributed by atoms with Crippen LogP contribution in [0.3, 0.4) is 0 Å². The Balaban J connectivity index is 2.06. The summed E-state index contributed by atoms with van der Waals surface area (Å²) in [5.41, 5.74) is 1.68.